The largest absolute Gasteiger partial charge is 0.489 e. The summed E-state index contributed by atoms with van der Waals surface area (Å²) in [5.41, 5.74) is 2.16. The smallest absolute Gasteiger partial charge is 0.291 e. The molecule has 3 heterocycles. The molecule has 1 N–H and O–H groups in total. The highest BCUT2D eigenvalue weighted by Crippen LogP contribution is 2.36. The topological polar surface area (TPSA) is 124 Å². The van der Waals surface area contributed by atoms with Gasteiger partial charge in [-0.1, -0.05) is 37.8 Å². The van der Waals surface area contributed by atoms with Crippen LogP contribution < -0.4 is 19.7 Å². The number of methoxy groups -OCH3 is 1. The Bertz CT molecular complexity index is 1370. The Morgan fingerprint density at radius 1 is 1.20 bits per heavy atom. The minimum absolute atomic E-state index is 0. The highest BCUT2D eigenvalue weighted by molar-refractivity contribution is 6.04. The lowest BCUT2D eigenvalue weighted by Crippen LogP contribution is -2.49. The van der Waals surface area contributed by atoms with E-state index in [1.807, 2.05) is 30.3 Å². The molecule has 0 radical (unpaired) electrons. The maximum atomic E-state index is 13.1. The molecule has 11 heteroatoms. The zero-order valence-corrected chi connectivity index (χ0v) is 18.5. The molecule has 1 aliphatic rings. The van der Waals surface area contributed by atoms with Crippen LogP contribution in [0.15, 0.2) is 55.1 Å². The predicted molar refractivity (Wildman–Crippen MR) is 129 cm³/mol. The van der Waals surface area contributed by atoms with Crippen LogP contribution in [0.4, 0.5) is 5.69 Å². The molecule has 11 nitrogen and oxygen atoms in total. The first kappa shape index (κ1) is 23.6. The summed E-state index contributed by atoms with van der Waals surface area (Å²) in [6.07, 6.45) is 2.88. The number of nitrogens with zero attached hydrogens (tertiary/aromatic N) is 6. The Labute approximate surface area is 201 Å². The zero-order chi connectivity index (χ0) is 23.7. The lowest BCUT2D eigenvalue weighted by atomic mass is 10.2. The summed E-state index contributed by atoms with van der Waals surface area (Å²) in [4.78, 5) is 39.8. The number of likely N-dealkylation sites (N-methyl/N-ethyl adjacent to an activating group) is 1. The van der Waals surface area contributed by atoms with Crippen LogP contribution in [0.1, 0.15) is 23.6 Å². The van der Waals surface area contributed by atoms with Crippen molar-refractivity contribution in [1.82, 2.24) is 30.0 Å². The van der Waals surface area contributed by atoms with Gasteiger partial charge in [-0.2, -0.15) is 0 Å². The van der Waals surface area contributed by atoms with Gasteiger partial charge in [-0.15, -0.1) is 5.10 Å². The summed E-state index contributed by atoms with van der Waals surface area (Å²) < 4.78 is 12.8. The Morgan fingerprint density at radius 2 is 2.00 bits per heavy atom. The third-order valence-corrected chi connectivity index (χ3v) is 5.50. The number of rotatable bonds is 5. The number of carbonyl (C=O) groups excluding carboxylic acids is 2. The highest BCUT2D eigenvalue weighted by atomic mass is 16.5. The van der Waals surface area contributed by atoms with Crippen LogP contribution in [0, 0.1) is 0 Å². The molecule has 2 amide bonds. The number of hydrogen-bond donors (Lipinski definition) is 1. The SMILES string of the molecule is C.COc1ncnc2cc3c(cc12)N(C)C(=O)[C@@H](NC(=O)c1ncn(Cc2ccccc2)n1)CO3. The van der Waals surface area contributed by atoms with Crippen molar-refractivity contribution in [3.05, 3.63) is 66.5 Å². The molecule has 180 valence electrons. The number of aromatic nitrogens is 5. The van der Waals surface area contributed by atoms with E-state index in [1.54, 1.807) is 23.9 Å². The van der Waals surface area contributed by atoms with Gasteiger partial charge in [0.05, 0.1) is 30.2 Å². The van der Waals surface area contributed by atoms with Gasteiger partial charge in [-0.05, 0) is 11.6 Å². The molecule has 1 atom stereocenters. The molecule has 0 saturated carbocycles. The summed E-state index contributed by atoms with van der Waals surface area (Å²) >= 11 is 0. The number of anilines is 1. The number of benzene rings is 2. The molecule has 0 unspecified atom stereocenters. The van der Waals surface area contributed by atoms with Gasteiger partial charge in [0.2, 0.25) is 11.7 Å². The van der Waals surface area contributed by atoms with Crippen molar-refractivity contribution in [2.75, 3.05) is 25.7 Å². The Balaban J connectivity index is 0.00000289. The predicted octanol–water partition coefficient (Wildman–Crippen LogP) is 2.07. The van der Waals surface area contributed by atoms with Crippen molar-refractivity contribution in [3.8, 4) is 11.6 Å². The number of ether oxygens (including phenoxy) is 2. The van der Waals surface area contributed by atoms with E-state index in [-0.39, 0.29) is 25.8 Å². The highest BCUT2D eigenvalue weighted by Gasteiger charge is 2.32. The van der Waals surface area contributed by atoms with Gasteiger partial charge in [-0.3, -0.25) is 9.59 Å². The van der Waals surface area contributed by atoms with E-state index in [9.17, 15) is 9.59 Å². The molecule has 4 aromatic rings. The number of hydrogen-bond acceptors (Lipinski definition) is 8. The first-order valence-corrected chi connectivity index (χ1v) is 10.5. The van der Waals surface area contributed by atoms with Gasteiger partial charge in [0, 0.05) is 13.1 Å². The van der Waals surface area contributed by atoms with Crippen molar-refractivity contribution >= 4 is 28.4 Å². The van der Waals surface area contributed by atoms with Gasteiger partial charge in [0.15, 0.2) is 0 Å². The quantitative estimate of drug-likeness (QED) is 0.465. The van der Waals surface area contributed by atoms with Crippen molar-refractivity contribution < 1.29 is 19.1 Å². The van der Waals surface area contributed by atoms with E-state index in [4.69, 9.17) is 9.47 Å². The first-order valence-electron chi connectivity index (χ1n) is 10.5. The van der Waals surface area contributed by atoms with Crippen molar-refractivity contribution in [2.45, 2.75) is 20.0 Å². The second-order valence-corrected chi connectivity index (χ2v) is 7.71. The van der Waals surface area contributed by atoms with Crippen LogP contribution in [0.25, 0.3) is 10.9 Å². The third kappa shape index (κ3) is 4.60. The van der Waals surface area contributed by atoms with E-state index < -0.39 is 11.9 Å². The molecule has 35 heavy (non-hydrogen) atoms. The molecule has 2 aromatic carbocycles. The minimum atomic E-state index is -0.929. The van der Waals surface area contributed by atoms with Gasteiger partial charge >= 0.3 is 0 Å². The number of nitrogens with one attached hydrogen (secondary N) is 1. The van der Waals surface area contributed by atoms with Crippen LogP contribution in [0.5, 0.6) is 11.6 Å². The normalized spacial score (nSPS) is 15.0. The average molecular weight is 476 g/mol. The molecule has 0 saturated heterocycles. The maximum absolute atomic E-state index is 13.1. The van der Waals surface area contributed by atoms with Gasteiger partial charge in [0.1, 0.15) is 31.1 Å². The van der Waals surface area contributed by atoms with E-state index in [2.05, 4.69) is 25.4 Å². The van der Waals surface area contributed by atoms with Gasteiger partial charge in [0.25, 0.3) is 11.8 Å². The molecular weight excluding hydrogens is 450 g/mol. The van der Waals surface area contributed by atoms with Crippen LogP contribution in [-0.4, -0.2) is 63.4 Å². The summed E-state index contributed by atoms with van der Waals surface area (Å²) in [7, 11) is 3.13. The summed E-state index contributed by atoms with van der Waals surface area (Å²) in [5, 5.41) is 7.56. The van der Waals surface area contributed by atoms with Crippen LogP contribution in [0.3, 0.4) is 0 Å². The van der Waals surface area contributed by atoms with Crippen LogP contribution >= 0.6 is 0 Å². The Morgan fingerprint density at radius 3 is 2.77 bits per heavy atom. The third-order valence-electron chi connectivity index (χ3n) is 5.50. The molecule has 0 spiro atoms. The van der Waals surface area contributed by atoms with Crippen molar-refractivity contribution in [3.63, 3.8) is 0 Å². The van der Waals surface area contributed by atoms with Crippen LogP contribution in [0.2, 0.25) is 0 Å². The Kier molecular flexibility index (Phi) is 6.58. The van der Waals surface area contributed by atoms with Gasteiger partial charge < -0.3 is 19.7 Å². The summed E-state index contributed by atoms with van der Waals surface area (Å²) in [6, 6.07) is 12.2. The number of carbonyl (C=O) groups is 2. The van der Waals surface area contributed by atoms with E-state index in [0.717, 1.165) is 5.56 Å². The number of amides is 2. The Hall–Kier alpha value is -4.54. The molecule has 2 aromatic heterocycles. The van der Waals surface area contributed by atoms with E-state index in [0.29, 0.717) is 34.8 Å². The molecule has 0 aliphatic carbocycles. The number of fused-ring (bicyclic) bond motifs is 2. The molecule has 0 bridgehead atoms. The van der Waals surface area contributed by atoms with Crippen molar-refractivity contribution in [1.29, 1.82) is 0 Å². The maximum Gasteiger partial charge on any atom is 0.291 e. The minimum Gasteiger partial charge on any atom is -0.489 e. The zero-order valence-electron chi connectivity index (χ0n) is 18.5. The fourth-order valence-electron chi connectivity index (χ4n) is 3.76. The molecule has 1 aliphatic heterocycles. The van der Waals surface area contributed by atoms with Gasteiger partial charge in [-0.25, -0.2) is 19.6 Å². The molecule has 5 rings (SSSR count). The van der Waals surface area contributed by atoms with E-state index in [1.165, 1.54) is 24.7 Å². The summed E-state index contributed by atoms with van der Waals surface area (Å²) in [6.45, 7) is 0.422. The lowest BCUT2D eigenvalue weighted by Gasteiger charge is -2.20. The van der Waals surface area contributed by atoms with Crippen molar-refractivity contribution in [2.24, 2.45) is 0 Å². The molecular formula is C24H25N7O4. The first-order chi connectivity index (χ1) is 16.5. The monoisotopic (exact) mass is 475 g/mol. The fourth-order valence-corrected chi connectivity index (χ4v) is 3.76. The second-order valence-electron chi connectivity index (χ2n) is 7.71. The summed E-state index contributed by atoms with van der Waals surface area (Å²) in [5.74, 6) is -0.0817. The second kappa shape index (κ2) is 9.75. The fraction of sp³-hybridized carbons (Fsp3) is 0.250. The average Bonchev–Trinajstić information content (AvgIpc) is 3.29. The molecule has 0 fully saturated rings. The lowest BCUT2D eigenvalue weighted by molar-refractivity contribution is -0.120. The van der Waals surface area contributed by atoms with E-state index >= 15 is 0 Å². The van der Waals surface area contributed by atoms with Crippen LogP contribution in [-0.2, 0) is 11.3 Å². The standard InChI is InChI=1S/C23H21N7O4.CH4/c1-29-18-8-15-16(24-12-25-22(15)33-2)9-19(18)34-11-17(23(29)32)27-21(31)20-26-13-30(28-20)10-14-6-4-3-5-7-14;/h3-9,12-13,17H,10-11H2,1-2H3,(H,27,31);1H4/t17-;/m0./s1.